The maximum Gasteiger partial charge on any atom is 0.0280 e. The monoisotopic (exact) mass is 238 g/mol. The van der Waals surface area contributed by atoms with Crippen LogP contribution in [0, 0.1) is 0 Å². The highest BCUT2D eigenvalue weighted by atomic mass is 14.9. The topological polar surface area (TPSA) is 14.1 Å². The van der Waals surface area contributed by atoms with E-state index >= 15 is 0 Å². The molecule has 1 heteroatoms. The summed E-state index contributed by atoms with van der Waals surface area (Å²) in [5.41, 5.74) is 0. The second-order valence-electron chi connectivity index (χ2n) is 4.91. The van der Waals surface area contributed by atoms with Gasteiger partial charge >= 0.3 is 0 Å². The van der Waals surface area contributed by atoms with Crippen LogP contribution in [-0.4, -0.2) is 12.6 Å². The van der Waals surface area contributed by atoms with Gasteiger partial charge < -0.3 is 0 Å². The van der Waals surface area contributed by atoms with Crippen LogP contribution in [0.1, 0.15) is 78.6 Å². The van der Waals surface area contributed by atoms with E-state index in [1.165, 1.54) is 51.4 Å². The molecule has 0 aliphatic heterocycles. The summed E-state index contributed by atoms with van der Waals surface area (Å²) in [6.07, 6.45) is 16.2. The molecule has 0 aromatic rings. The van der Waals surface area contributed by atoms with Gasteiger partial charge in [-0.2, -0.15) is 0 Å². The van der Waals surface area contributed by atoms with Gasteiger partial charge in [-0.3, -0.25) is 0 Å². The minimum absolute atomic E-state index is 0.578. The molecule has 0 rings (SSSR count). The van der Waals surface area contributed by atoms with E-state index in [0.29, 0.717) is 6.04 Å². The van der Waals surface area contributed by atoms with Gasteiger partial charge in [0.15, 0.2) is 0 Å². The summed E-state index contributed by atoms with van der Waals surface area (Å²) in [4.78, 5) is 0. The van der Waals surface area contributed by atoms with Crippen molar-refractivity contribution in [3.8, 4) is 0 Å². The number of nitrogens with zero attached hydrogens (tertiary/aromatic N) is 1. The zero-order valence-electron chi connectivity index (χ0n) is 12.3. The van der Waals surface area contributed by atoms with Crippen LogP contribution in [0.5, 0.6) is 0 Å². The quantitative estimate of drug-likeness (QED) is 0.332. The first-order valence-corrected chi connectivity index (χ1v) is 7.66. The summed E-state index contributed by atoms with van der Waals surface area (Å²) in [7, 11) is 0. The Balaban J connectivity index is 3.59. The van der Waals surface area contributed by atoms with Gasteiger partial charge in [-0.25, -0.2) is 5.32 Å². The number of unbranched alkanes of at least 4 members (excludes halogenated alkanes) is 4. The van der Waals surface area contributed by atoms with E-state index in [0.717, 1.165) is 13.0 Å². The number of allylic oxidation sites excluding steroid dienone is 1. The van der Waals surface area contributed by atoms with Crippen LogP contribution in [0.2, 0.25) is 0 Å². The van der Waals surface area contributed by atoms with Crippen molar-refractivity contribution in [1.82, 2.24) is 5.32 Å². The van der Waals surface area contributed by atoms with Gasteiger partial charge in [0.1, 0.15) is 0 Å². The van der Waals surface area contributed by atoms with Gasteiger partial charge in [0.05, 0.1) is 0 Å². The fourth-order valence-corrected chi connectivity index (χ4v) is 1.93. The molecule has 0 aromatic carbocycles. The van der Waals surface area contributed by atoms with Crippen LogP contribution in [-0.2, 0) is 0 Å². The summed E-state index contributed by atoms with van der Waals surface area (Å²) in [6, 6.07) is 0.578. The molecule has 1 unspecified atom stereocenters. The molecule has 0 aromatic heterocycles. The van der Waals surface area contributed by atoms with E-state index in [1.807, 2.05) is 0 Å². The molecule has 0 saturated carbocycles. The fraction of sp³-hybridized carbons (Fsp3) is 0.875. The smallest absolute Gasteiger partial charge is 0.0280 e. The van der Waals surface area contributed by atoms with Gasteiger partial charge in [-0.05, 0) is 32.1 Å². The van der Waals surface area contributed by atoms with Crippen molar-refractivity contribution in [2.45, 2.75) is 84.6 Å². The number of rotatable bonds is 12. The molecule has 17 heavy (non-hydrogen) atoms. The molecule has 0 aliphatic rings. The van der Waals surface area contributed by atoms with Crippen molar-refractivity contribution in [1.29, 1.82) is 0 Å². The van der Waals surface area contributed by atoms with Crippen molar-refractivity contribution in [3.63, 3.8) is 0 Å². The Labute approximate surface area is 109 Å². The third kappa shape index (κ3) is 12.0. The summed E-state index contributed by atoms with van der Waals surface area (Å²) in [5.74, 6) is 0. The zero-order chi connectivity index (χ0) is 12.8. The SMILES string of the molecule is CCCCCC=CCC(CCC)[N]CCCC. The highest BCUT2D eigenvalue weighted by Crippen LogP contribution is 2.06. The second kappa shape index (κ2) is 13.8. The van der Waals surface area contributed by atoms with Crippen molar-refractivity contribution in [2.75, 3.05) is 6.54 Å². The first-order chi connectivity index (χ1) is 8.35. The molecule has 1 atom stereocenters. The molecule has 101 valence electrons. The average Bonchev–Trinajstić information content (AvgIpc) is 2.34. The average molecular weight is 238 g/mol. The summed E-state index contributed by atoms with van der Waals surface area (Å²) in [6.45, 7) is 7.81. The molecule has 0 amide bonds. The van der Waals surface area contributed by atoms with Crippen LogP contribution in [0.4, 0.5) is 0 Å². The molecule has 1 radical (unpaired) electrons. The van der Waals surface area contributed by atoms with Crippen molar-refractivity contribution < 1.29 is 0 Å². The van der Waals surface area contributed by atoms with Gasteiger partial charge in [0.25, 0.3) is 0 Å². The molecule has 0 fully saturated rings. The van der Waals surface area contributed by atoms with Crippen molar-refractivity contribution >= 4 is 0 Å². The molecule has 0 heterocycles. The lowest BCUT2D eigenvalue weighted by Crippen LogP contribution is -2.22. The summed E-state index contributed by atoms with van der Waals surface area (Å²) >= 11 is 0. The summed E-state index contributed by atoms with van der Waals surface area (Å²) in [5, 5.41) is 4.79. The Morgan fingerprint density at radius 1 is 0.882 bits per heavy atom. The van der Waals surface area contributed by atoms with E-state index in [4.69, 9.17) is 5.32 Å². The van der Waals surface area contributed by atoms with Crippen LogP contribution in [0.3, 0.4) is 0 Å². The number of hydrogen-bond acceptors (Lipinski definition) is 0. The lowest BCUT2D eigenvalue weighted by molar-refractivity contribution is 0.462. The Kier molecular flexibility index (Phi) is 13.5. The third-order valence-electron chi connectivity index (χ3n) is 3.07. The predicted molar refractivity (Wildman–Crippen MR) is 78.5 cm³/mol. The number of hydrogen-bond donors (Lipinski definition) is 0. The van der Waals surface area contributed by atoms with E-state index in [-0.39, 0.29) is 0 Å². The molecule has 0 N–H and O–H groups in total. The van der Waals surface area contributed by atoms with E-state index in [9.17, 15) is 0 Å². The molecular weight excluding hydrogens is 206 g/mol. The first-order valence-electron chi connectivity index (χ1n) is 7.66. The molecule has 0 bridgehead atoms. The van der Waals surface area contributed by atoms with E-state index < -0.39 is 0 Å². The third-order valence-corrected chi connectivity index (χ3v) is 3.07. The molecule has 0 saturated heterocycles. The minimum atomic E-state index is 0.578. The molecule has 0 aliphatic carbocycles. The zero-order valence-corrected chi connectivity index (χ0v) is 12.3. The minimum Gasteiger partial charge on any atom is -0.238 e. The standard InChI is InChI=1S/C16H32N/c1-4-7-9-10-11-12-14-16(13-6-3)17-15-8-5-2/h11-12,16H,4-10,13-15H2,1-3H3. The van der Waals surface area contributed by atoms with Crippen molar-refractivity contribution in [3.05, 3.63) is 12.2 Å². The Bertz CT molecular complexity index is 163. The molecular formula is C16H32N. The lowest BCUT2D eigenvalue weighted by atomic mass is 10.1. The van der Waals surface area contributed by atoms with Crippen LogP contribution in [0.25, 0.3) is 0 Å². The van der Waals surface area contributed by atoms with Gasteiger partial charge in [0, 0.05) is 12.6 Å². The fourth-order valence-electron chi connectivity index (χ4n) is 1.93. The van der Waals surface area contributed by atoms with Crippen LogP contribution >= 0.6 is 0 Å². The normalized spacial score (nSPS) is 13.4. The van der Waals surface area contributed by atoms with Crippen LogP contribution in [0.15, 0.2) is 12.2 Å². The maximum absolute atomic E-state index is 4.79. The van der Waals surface area contributed by atoms with Gasteiger partial charge in [-0.15, -0.1) is 0 Å². The largest absolute Gasteiger partial charge is 0.238 e. The first kappa shape index (κ1) is 16.7. The van der Waals surface area contributed by atoms with E-state index in [1.54, 1.807) is 0 Å². The highest BCUT2D eigenvalue weighted by molar-refractivity contribution is 4.86. The van der Waals surface area contributed by atoms with Gasteiger partial charge in [0.2, 0.25) is 0 Å². The maximum atomic E-state index is 4.79. The lowest BCUT2D eigenvalue weighted by Gasteiger charge is -2.13. The predicted octanol–water partition coefficient (Wildman–Crippen LogP) is 5.09. The summed E-state index contributed by atoms with van der Waals surface area (Å²) < 4.78 is 0. The van der Waals surface area contributed by atoms with Gasteiger partial charge in [-0.1, -0.05) is 58.6 Å². The molecule has 0 spiro atoms. The van der Waals surface area contributed by atoms with Crippen molar-refractivity contribution in [2.24, 2.45) is 0 Å². The van der Waals surface area contributed by atoms with E-state index in [2.05, 4.69) is 32.9 Å². The second-order valence-corrected chi connectivity index (χ2v) is 4.91. The molecule has 1 nitrogen and oxygen atoms in total. The van der Waals surface area contributed by atoms with Crippen LogP contribution < -0.4 is 5.32 Å². The Hall–Kier alpha value is -0.300. The Morgan fingerprint density at radius 3 is 2.29 bits per heavy atom. The highest BCUT2D eigenvalue weighted by Gasteiger charge is 2.05. The Morgan fingerprint density at radius 2 is 1.65 bits per heavy atom.